The van der Waals surface area contributed by atoms with Crippen molar-refractivity contribution in [2.75, 3.05) is 52.5 Å². The van der Waals surface area contributed by atoms with Gasteiger partial charge in [0.15, 0.2) is 0 Å². The standard InChI is InChI=1S/C14H32N2O/c1-5-9-16(10-6-2)12-14-17-13-11-15(7-3)8-4/h5-14H2,1-4H3. The Labute approximate surface area is 108 Å². The molecular weight excluding hydrogens is 212 g/mol. The van der Waals surface area contributed by atoms with E-state index >= 15 is 0 Å². The third kappa shape index (κ3) is 9.57. The minimum Gasteiger partial charge on any atom is -0.379 e. The van der Waals surface area contributed by atoms with E-state index in [1.165, 1.54) is 25.9 Å². The van der Waals surface area contributed by atoms with Crippen LogP contribution in [-0.2, 0) is 4.74 Å². The molecule has 0 aliphatic carbocycles. The summed E-state index contributed by atoms with van der Waals surface area (Å²) in [5.41, 5.74) is 0. The normalized spacial score (nSPS) is 11.6. The van der Waals surface area contributed by atoms with Gasteiger partial charge >= 0.3 is 0 Å². The molecule has 0 bridgehead atoms. The number of ether oxygens (including phenoxy) is 1. The molecule has 0 fully saturated rings. The van der Waals surface area contributed by atoms with E-state index in [4.69, 9.17) is 4.74 Å². The fourth-order valence-corrected chi connectivity index (χ4v) is 2.00. The summed E-state index contributed by atoms with van der Waals surface area (Å²) >= 11 is 0. The van der Waals surface area contributed by atoms with Gasteiger partial charge in [-0.05, 0) is 39.0 Å². The topological polar surface area (TPSA) is 15.7 Å². The monoisotopic (exact) mass is 244 g/mol. The highest BCUT2D eigenvalue weighted by Crippen LogP contribution is 1.94. The molecule has 0 aromatic rings. The lowest BCUT2D eigenvalue weighted by Crippen LogP contribution is -2.31. The summed E-state index contributed by atoms with van der Waals surface area (Å²) in [6.45, 7) is 17.4. The van der Waals surface area contributed by atoms with Crippen LogP contribution in [0, 0.1) is 0 Å². The first-order valence-electron chi connectivity index (χ1n) is 7.30. The predicted octanol–water partition coefficient (Wildman–Crippen LogP) is 2.47. The fourth-order valence-electron chi connectivity index (χ4n) is 2.00. The molecule has 104 valence electrons. The first-order valence-corrected chi connectivity index (χ1v) is 7.30. The Hall–Kier alpha value is -0.120. The van der Waals surface area contributed by atoms with Gasteiger partial charge in [-0.2, -0.15) is 0 Å². The molecule has 0 amide bonds. The van der Waals surface area contributed by atoms with E-state index in [1.54, 1.807) is 0 Å². The summed E-state index contributed by atoms with van der Waals surface area (Å²) in [4.78, 5) is 4.90. The van der Waals surface area contributed by atoms with Gasteiger partial charge in [0.25, 0.3) is 0 Å². The maximum Gasteiger partial charge on any atom is 0.0594 e. The number of hydrogen-bond acceptors (Lipinski definition) is 3. The van der Waals surface area contributed by atoms with Crippen LogP contribution in [0.25, 0.3) is 0 Å². The van der Waals surface area contributed by atoms with E-state index in [9.17, 15) is 0 Å². The van der Waals surface area contributed by atoms with Gasteiger partial charge in [-0.25, -0.2) is 0 Å². The molecule has 0 atom stereocenters. The van der Waals surface area contributed by atoms with Crippen LogP contribution in [0.5, 0.6) is 0 Å². The molecule has 0 rings (SSSR count). The van der Waals surface area contributed by atoms with Crippen LogP contribution in [0.3, 0.4) is 0 Å². The minimum absolute atomic E-state index is 0.869. The molecule has 0 aliphatic rings. The Morgan fingerprint density at radius 2 is 1.12 bits per heavy atom. The van der Waals surface area contributed by atoms with Gasteiger partial charge in [-0.3, -0.25) is 0 Å². The molecule has 0 saturated heterocycles. The summed E-state index contributed by atoms with van der Waals surface area (Å²) in [5, 5.41) is 0. The molecule has 0 radical (unpaired) electrons. The predicted molar refractivity (Wildman–Crippen MR) is 75.6 cm³/mol. The van der Waals surface area contributed by atoms with Crippen molar-refractivity contribution in [1.82, 2.24) is 9.80 Å². The van der Waals surface area contributed by atoms with Crippen LogP contribution < -0.4 is 0 Å². The lowest BCUT2D eigenvalue weighted by molar-refractivity contribution is 0.0851. The number of hydrogen-bond donors (Lipinski definition) is 0. The van der Waals surface area contributed by atoms with Crippen LogP contribution in [0.15, 0.2) is 0 Å². The van der Waals surface area contributed by atoms with Crippen molar-refractivity contribution in [3.63, 3.8) is 0 Å². The number of likely N-dealkylation sites (N-methyl/N-ethyl adjacent to an activating group) is 1. The molecule has 3 heteroatoms. The number of nitrogens with zero attached hydrogens (tertiary/aromatic N) is 2. The fraction of sp³-hybridized carbons (Fsp3) is 1.00. The largest absolute Gasteiger partial charge is 0.379 e. The van der Waals surface area contributed by atoms with E-state index in [0.29, 0.717) is 0 Å². The lowest BCUT2D eigenvalue weighted by atomic mass is 10.3. The summed E-state index contributed by atoms with van der Waals surface area (Å²) in [6.07, 6.45) is 2.47. The van der Waals surface area contributed by atoms with E-state index < -0.39 is 0 Å². The van der Waals surface area contributed by atoms with Crippen LogP contribution >= 0.6 is 0 Å². The van der Waals surface area contributed by atoms with Crippen molar-refractivity contribution in [3.05, 3.63) is 0 Å². The van der Waals surface area contributed by atoms with Gasteiger partial charge in [-0.15, -0.1) is 0 Å². The zero-order chi connectivity index (χ0) is 12.9. The molecule has 0 spiro atoms. The Kier molecular flexibility index (Phi) is 12.3. The highest BCUT2D eigenvalue weighted by atomic mass is 16.5. The van der Waals surface area contributed by atoms with Gasteiger partial charge in [0.05, 0.1) is 13.2 Å². The Morgan fingerprint density at radius 3 is 1.53 bits per heavy atom. The highest BCUT2D eigenvalue weighted by Gasteiger charge is 2.02. The van der Waals surface area contributed by atoms with Crippen LogP contribution in [0.1, 0.15) is 40.5 Å². The second-order valence-electron chi connectivity index (χ2n) is 4.48. The van der Waals surface area contributed by atoms with E-state index in [0.717, 1.165) is 39.4 Å². The zero-order valence-electron chi connectivity index (χ0n) is 12.4. The average Bonchev–Trinajstić information content (AvgIpc) is 2.34. The SMILES string of the molecule is CCCN(CCC)CCOCCN(CC)CC. The second kappa shape index (κ2) is 12.3. The zero-order valence-corrected chi connectivity index (χ0v) is 12.4. The molecule has 17 heavy (non-hydrogen) atoms. The maximum absolute atomic E-state index is 5.71. The van der Waals surface area contributed by atoms with Crippen LogP contribution in [0.4, 0.5) is 0 Å². The number of rotatable bonds is 12. The summed E-state index contributed by atoms with van der Waals surface area (Å²) < 4.78 is 5.71. The summed E-state index contributed by atoms with van der Waals surface area (Å²) in [5.74, 6) is 0. The summed E-state index contributed by atoms with van der Waals surface area (Å²) in [7, 11) is 0. The molecule has 0 heterocycles. The molecule has 0 N–H and O–H groups in total. The van der Waals surface area contributed by atoms with E-state index in [-0.39, 0.29) is 0 Å². The van der Waals surface area contributed by atoms with Gasteiger partial charge in [0.2, 0.25) is 0 Å². The third-order valence-corrected chi connectivity index (χ3v) is 3.08. The van der Waals surface area contributed by atoms with Gasteiger partial charge in [-0.1, -0.05) is 27.7 Å². The molecule has 0 aromatic heterocycles. The Bertz CT molecular complexity index is 143. The van der Waals surface area contributed by atoms with Crippen molar-refractivity contribution in [3.8, 4) is 0 Å². The van der Waals surface area contributed by atoms with Crippen molar-refractivity contribution in [2.45, 2.75) is 40.5 Å². The third-order valence-electron chi connectivity index (χ3n) is 3.08. The molecule has 0 unspecified atom stereocenters. The quantitative estimate of drug-likeness (QED) is 0.491. The summed E-state index contributed by atoms with van der Waals surface area (Å²) in [6, 6.07) is 0. The van der Waals surface area contributed by atoms with Gasteiger partial charge in [0.1, 0.15) is 0 Å². The second-order valence-corrected chi connectivity index (χ2v) is 4.48. The smallest absolute Gasteiger partial charge is 0.0594 e. The molecular formula is C14H32N2O. The first-order chi connectivity index (χ1) is 8.28. The van der Waals surface area contributed by atoms with Crippen LogP contribution in [-0.4, -0.2) is 62.3 Å². The van der Waals surface area contributed by atoms with Crippen molar-refractivity contribution < 1.29 is 4.74 Å². The van der Waals surface area contributed by atoms with E-state index in [2.05, 4.69) is 37.5 Å². The Morgan fingerprint density at radius 1 is 0.647 bits per heavy atom. The van der Waals surface area contributed by atoms with Crippen molar-refractivity contribution >= 4 is 0 Å². The minimum atomic E-state index is 0.869. The first kappa shape index (κ1) is 16.9. The molecule has 0 aromatic carbocycles. The molecule has 3 nitrogen and oxygen atoms in total. The highest BCUT2D eigenvalue weighted by molar-refractivity contribution is 4.56. The van der Waals surface area contributed by atoms with Crippen LogP contribution in [0.2, 0.25) is 0 Å². The molecule has 0 saturated carbocycles. The van der Waals surface area contributed by atoms with Gasteiger partial charge < -0.3 is 14.5 Å². The maximum atomic E-state index is 5.71. The van der Waals surface area contributed by atoms with Gasteiger partial charge in [0, 0.05) is 13.1 Å². The van der Waals surface area contributed by atoms with Crippen molar-refractivity contribution in [2.24, 2.45) is 0 Å². The van der Waals surface area contributed by atoms with Crippen molar-refractivity contribution in [1.29, 1.82) is 0 Å². The Balaban J connectivity index is 3.46. The molecule has 0 aliphatic heterocycles. The average molecular weight is 244 g/mol. The lowest BCUT2D eigenvalue weighted by Gasteiger charge is -2.21. The van der Waals surface area contributed by atoms with E-state index in [1.807, 2.05) is 0 Å².